The molecule has 1 aromatic heterocycles. The summed E-state index contributed by atoms with van der Waals surface area (Å²) in [6.07, 6.45) is -3.69. The van der Waals surface area contributed by atoms with Gasteiger partial charge in [0.1, 0.15) is 5.60 Å². The van der Waals surface area contributed by atoms with Crippen LogP contribution in [0.5, 0.6) is 0 Å². The number of alkyl halides is 3. The van der Waals surface area contributed by atoms with E-state index in [1.807, 2.05) is 4.90 Å². The number of nitrogens with zero attached hydrogens (tertiary/aromatic N) is 4. The molecular formula is C30H31ClF3N5O4S. The Morgan fingerprint density at radius 1 is 1.16 bits per heavy atom. The zero-order chi connectivity index (χ0) is 31.8. The molecule has 1 saturated heterocycles. The summed E-state index contributed by atoms with van der Waals surface area (Å²) >= 11 is 7.05. The molecule has 1 atom stereocenters. The van der Waals surface area contributed by atoms with E-state index in [0.29, 0.717) is 35.9 Å². The van der Waals surface area contributed by atoms with Gasteiger partial charge in [-0.3, -0.25) is 14.8 Å². The Bertz CT molecular complexity index is 1650. The van der Waals surface area contributed by atoms with Crippen molar-refractivity contribution in [1.29, 1.82) is 0 Å². The highest BCUT2D eigenvalue weighted by molar-refractivity contribution is 8.18. The minimum absolute atomic E-state index is 0.0234. The number of hydrogen-bond donors (Lipinski definition) is 1. The first-order valence-corrected chi connectivity index (χ1v) is 15.0. The van der Waals surface area contributed by atoms with Crippen LogP contribution < -0.4 is 0 Å². The molecule has 2 aliphatic heterocycles. The summed E-state index contributed by atoms with van der Waals surface area (Å²) in [6, 6.07) is 8.54. The smallest absolute Gasteiger partial charge is 0.416 e. The molecule has 14 heteroatoms. The lowest BCUT2D eigenvalue weighted by atomic mass is 9.93. The fraction of sp³-hybridized carbons (Fsp3) is 0.400. The Hall–Kier alpha value is -3.55. The molecular weight excluding hydrogens is 619 g/mol. The lowest BCUT2D eigenvalue weighted by molar-refractivity contribution is -0.138. The highest BCUT2D eigenvalue weighted by Crippen LogP contribution is 2.41. The number of amidine groups is 1. The van der Waals surface area contributed by atoms with Crippen LogP contribution in [-0.2, 0) is 26.9 Å². The van der Waals surface area contributed by atoms with E-state index in [2.05, 4.69) is 15.2 Å². The second-order valence-electron chi connectivity index (χ2n) is 11.5. The molecule has 0 radical (unpaired) electrons. The molecule has 1 fully saturated rings. The number of aromatic nitrogens is 2. The third-order valence-corrected chi connectivity index (χ3v) is 8.52. The summed E-state index contributed by atoms with van der Waals surface area (Å²) in [4.78, 5) is 34.4. The van der Waals surface area contributed by atoms with E-state index in [-0.39, 0.29) is 34.6 Å². The molecule has 3 aromatic rings. The fourth-order valence-corrected chi connectivity index (χ4v) is 6.37. The van der Waals surface area contributed by atoms with Gasteiger partial charge in [0.2, 0.25) is 0 Å². The zero-order valence-corrected chi connectivity index (χ0v) is 26.1. The van der Waals surface area contributed by atoms with Gasteiger partial charge in [-0.2, -0.15) is 23.3 Å². The molecule has 0 bridgehead atoms. The first-order chi connectivity index (χ1) is 20.7. The number of fused-ring (bicyclic) bond motifs is 1. The van der Waals surface area contributed by atoms with Crippen LogP contribution in [0.25, 0.3) is 16.5 Å². The molecule has 0 spiro atoms. The van der Waals surface area contributed by atoms with Crippen LogP contribution in [-0.4, -0.2) is 82.2 Å². The maximum absolute atomic E-state index is 14.0. The topological polar surface area (TPSA) is 100 Å². The first-order valence-electron chi connectivity index (χ1n) is 13.8. The number of thioether (sulfide) groups is 1. The van der Waals surface area contributed by atoms with Crippen LogP contribution in [0, 0.1) is 0 Å². The number of hydrogen-bond acceptors (Lipinski definition) is 7. The summed E-state index contributed by atoms with van der Waals surface area (Å²) in [6.45, 7) is 6.61. The number of aromatic amines is 1. The van der Waals surface area contributed by atoms with Crippen molar-refractivity contribution in [2.75, 3.05) is 33.4 Å². The monoisotopic (exact) mass is 649 g/mol. The number of carbonyl (C=O) groups is 2. The first kappa shape index (κ1) is 31.9. The summed E-state index contributed by atoms with van der Waals surface area (Å²) in [7, 11) is 1.54. The average Bonchev–Trinajstić information content (AvgIpc) is 3.57. The van der Waals surface area contributed by atoms with Gasteiger partial charge in [0.05, 0.1) is 34.8 Å². The number of methoxy groups -OCH3 is 1. The average molecular weight is 650 g/mol. The number of nitrogens with one attached hydrogen (secondary N) is 1. The molecule has 44 heavy (non-hydrogen) atoms. The number of aliphatic imine (C=N–C) groups is 1. The predicted octanol–water partition coefficient (Wildman–Crippen LogP) is 6.39. The minimum atomic E-state index is -4.65. The molecule has 2 aromatic carbocycles. The van der Waals surface area contributed by atoms with Crippen molar-refractivity contribution in [1.82, 2.24) is 20.0 Å². The van der Waals surface area contributed by atoms with E-state index < -0.39 is 29.3 Å². The maximum atomic E-state index is 14.0. The molecule has 2 amide bonds. The summed E-state index contributed by atoms with van der Waals surface area (Å²) < 4.78 is 53.1. The molecule has 3 heterocycles. The predicted molar refractivity (Wildman–Crippen MR) is 163 cm³/mol. The Labute approximate surface area is 261 Å². The van der Waals surface area contributed by atoms with Crippen molar-refractivity contribution in [2.45, 2.75) is 45.0 Å². The van der Waals surface area contributed by atoms with Gasteiger partial charge in [-0.1, -0.05) is 23.7 Å². The van der Waals surface area contributed by atoms with Gasteiger partial charge in [-0.05, 0) is 79.9 Å². The van der Waals surface area contributed by atoms with E-state index in [9.17, 15) is 22.8 Å². The van der Waals surface area contributed by atoms with Crippen LogP contribution >= 0.6 is 23.4 Å². The number of carbonyl (C=O) groups excluding carboxylic acids is 2. The highest BCUT2D eigenvalue weighted by Gasteiger charge is 2.38. The molecule has 9 nitrogen and oxygen atoms in total. The van der Waals surface area contributed by atoms with E-state index >= 15 is 0 Å². The SMILES string of the molecule is COC[C@H]1CN(C2=NC(=O)C(=C(Cc3ccc(Cl)cc3C(F)(F)F)c3ccc4[nH]ncc4c3)S2)CCN1C(=O)OC(C)(C)C. The van der Waals surface area contributed by atoms with Gasteiger partial charge in [0.25, 0.3) is 5.91 Å². The van der Waals surface area contributed by atoms with Crippen molar-refractivity contribution in [2.24, 2.45) is 4.99 Å². The van der Waals surface area contributed by atoms with Crippen LogP contribution in [0.2, 0.25) is 5.02 Å². The number of amides is 2. The van der Waals surface area contributed by atoms with E-state index in [1.165, 1.54) is 19.2 Å². The lowest BCUT2D eigenvalue weighted by Crippen LogP contribution is -2.58. The molecule has 0 aliphatic carbocycles. The van der Waals surface area contributed by atoms with E-state index in [4.69, 9.17) is 21.1 Å². The number of allylic oxidation sites excluding steroid dienone is 1. The second kappa shape index (κ2) is 12.4. The number of benzene rings is 2. The molecule has 0 saturated carbocycles. The van der Waals surface area contributed by atoms with Gasteiger partial charge < -0.3 is 14.4 Å². The standard InChI is InChI=1S/C30H31ClF3N5O4S/c1-29(2,3)43-28(41)39-10-9-38(15-21(39)16-42-4)27-36-26(40)25(44-27)22(17-6-8-24-19(11-17)14-35-37-24)12-18-5-7-20(31)13-23(18)30(32,33)34/h5-8,11,13-14,21H,9-10,12,15-16H2,1-4H3,(H,35,37)/t21-/m1/s1. The van der Waals surface area contributed by atoms with Crippen LogP contribution in [0.3, 0.4) is 0 Å². The van der Waals surface area contributed by atoms with Gasteiger partial charge in [0.15, 0.2) is 5.17 Å². The van der Waals surface area contributed by atoms with Gasteiger partial charge in [0, 0.05) is 37.2 Å². The molecule has 0 unspecified atom stereocenters. The number of piperazine rings is 1. The van der Waals surface area contributed by atoms with Gasteiger partial charge >= 0.3 is 12.3 Å². The zero-order valence-electron chi connectivity index (χ0n) is 24.5. The van der Waals surface area contributed by atoms with Crippen LogP contribution in [0.1, 0.15) is 37.5 Å². The number of ether oxygens (including phenoxy) is 2. The third-order valence-electron chi connectivity index (χ3n) is 7.13. The lowest BCUT2D eigenvalue weighted by Gasteiger charge is -2.41. The number of rotatable bonds is 5. The van der Waals surface area contributed by atoms with Crippen molar-refractivity contribution < 1.29 is 32.2 Å². The van der Waals surface area contributed by atoms with Crippen molar-refractivity contribution in [3.63, 3.8) is 0 Å². The second-order valence-corrected chi connectivity index (χ2v) is 12.9. The number of H-pyrrole nitrogens is 1. The van der Waals surface area contributed by atoms with E-state index in [0.717, 1.165) is 28.7 Å². The number of halogens is 4. The van der Waals surface area contributed by atoms with Crippen molar-refractivity contribution in [3.8, 4) is 0 Å². The quantitative estimate of drug-likeness (QED) is 0.320. The summed E-state index contributed by atoms with van der Waals surface area (Å²) in [5, 5.41) is 8.00. The summed E-state index contributed by atoms with van der Waals surface area (Å²) in [5.74, 6) is -0.548. The van der Waals surface area contributed by atoms with Crippen molar-refractivity contribution in [3.05, 3.63) is 69.2 Å². The van der Waals surface area contributed by atoms with Crippen LogP contribution in [0.4, 0.5) is 18.0 Å². The Balaban J connectivity index is 1.48. The van der Waals surface area contributed by atoms with Gasteiger partial charge in [-0.15, -0.1) is 0 Å². The Morgan fingerprint density at radius 2 is 1.93 bits per heavy atom. The third kappa shape index (κ3) is 7.05. The summed E-state index contributed by atoms with van der Waals surface area (Å²) in [5.41, 5.74) is 0.149. The van der Waals surface area contributed by atoms with E-state index in [1.54, 1.807) is 50.1 Å². The molecule has 2 aliphatic rings. The minimum Gasteiger partial charge on any atom is -0.444 e. The molecule has 1 N–H and O–H groups in total. The molecule has 5 rings (SSSR count). The highest BCUT2D eigenvalue weighted by atomic mass is 35.5. The van der Waals surface area contributed by atoms with Crippen LogP contribution in [0.15, 0.2) is 52.5 Å². The normalized spacial score (nSPS) is 19.0. The Morgan fingerprint density at radius 3 is 2.64 bits per heavy atom. The largest absolute Gasteiger partial charge is 0.444 e. The van der Waals surface area contributed by atoms with Gasteiger partial charge in [-0.25, -0.2) is 4.79 Å². The maximum Gasteiger partial charge on any atom is 0.416 e. The Kier molecular flexibility index (Phi) is 9.01. The molecule has 234 valence electrons. The fourth-order valence-electron chi connectivity index (χ4n) is 5.15. The van der Waals surface area contributed by atoms with Crippen molar-refractivity contribution >= 4 is 57.0 Å².